The summed E-state index contributed by atoms with van der Waals surface area (Å²) in [7, 11) is 0. The van der Waals surface area contributed by atoms with Crippen LogP contribution in [0, 0.1) is 5.92 Å². The van der Waals surface area contributed by atoms with E-state index in [-0.39, 0.29) is 18.1 Å². The molecular formula is C23H32N2O4. The summed E-state index contributed by atoms with van der Waals surface area (Å²) in [6, 6.07) is 7.47. The zero-order chi connectivity index (χ0) is 20.2. The first kappa shape index (κ1) is 20.2. The molecule has 29 heavy (non-hydrogen) atoms. The molecule has 6 nitrogen and oxygen atoms in total. The minimum Gasteiger partial charge on any atom is -0.490 e. The van der Waals surface area contributed by atoms with Crippen LogP contribution in [0.3, 0.4) is 0 Å². The van der Waals surface area contributed by atoms with Crippen molar-refractivity contribution in [2.45, 2.75) is 57.7 Å². The van der Waals surface area contributed by atoms with E-state index in [4.69, 9.17) is 9.47 Å². The van der Waals surface area contributed by atoms with Gasteiger partial charge in [0.15, 0.2) is 0 Å². The lowest BCUT2D eigenvalue weighted by atomic mass is 10.1. The van der Waals surface area contributed by atoms with Gasteiger partial charge in [-0.05, 0) is 56.9 Å². The number of nitrogens with zero attached hydrogens (tertiary/aromatic N) is 2. The van der Waals surface area contributed by atoms with Crippen molar-refractivity contribution >= 4 is 11.8 Å². The smallest absolute Gasteiger partial charge is 0.253 e. The highest BCUT2D eigenvalue weighted by atomic mass is 16.5. The Morgan fingerprint density at radius 3 is 2.41 bits per heavy atom. The average molecular weight is 401 g/mol. The lowest BCUT2D eigenvalue weighted by molar-refractivity contribution is -0.134. The molecule has 6 heteroatoms. The van der Waals surface area contributed by atoms with E-state index in [1.54, 1.807) is 0 Å². The van der Waals surface area contributed by atoms with Crippen molar-refractivity contribution in [1.82, 2.24) is 9.80 Å². The standard InChI is InChI=1S/C23H32N2O4/c1-2-24(16-21-4-3-15-28-21)22(26)18-7-9-19(10-8-18)29-20-11-13-25(14-12-20)23(27)17-5-6-17/h7-10,17,20-21H,2-6,11-16H2,1H3/t21-/m0/s1. The molecule has 1 aromatic rings. The van der Waals surface area contributed by atoms with E-state index in [0.717, 1.165) is 64.0 Å². The van der Waals surface area contributed by atoms with Crippen LogP contribution >= 0.6 is 0 Å². The minimum atomic E-state index is 0.0430. The van der Waals surface area contributed by atoms with E-state index >= 15 is 0 Å². The van der Waals surface area contributed by atoms with Gasteiger partial charge >= 0.3 is 0 Å². The summed E-state index contributed by atoms with van der Waals surface area (Å²) in [4.78, 5) is 28.8. The Kier molecular flexibility index (Phi) is 6.38. The first-order valence-corrected chi connectivity index (χ1v) is 11.1. The highest BCUT2D eigenvalue weighted by molar-refractivity contribution is 5.94. The van der Waals surface area contributed by atoms with Gasteiger partial charge in [-0.2, -0.15) is 0 Å². The third-order valence-electron chi connectivity index (χ3n) is 6.20. The van der Waals surface area contributed by atoms with Gasteiger partial charge in [0.1, 0.15) is 11.9 Å². The fourth-order valence-corrected chi connectivity index (χ4v) is 4.22. The maximum absolute atomic E-state index is 12.8. The van der Waals surface area contributed by atoms with Crippen molar-refractivity contribution in [3.05, 3.63) is 29.8 Å². The molecule has 0 N–H and O–H groups in total. The second-order valence-electron chi connectivity index (χ2n) is 8.42. The van der Waals surface area contributed by atoms with Gasteiger partial charge in [-0.25, -0.2) is 0 Å². The summed E-state index contributed by atoms with van der Waals surface area (Å²) in [5.41, 5.74) is 0.682. The number of piperidine rings is 1. The third-order valence-corrected chi connectivity index (χ3v) is 6.20. The fraction of sp³-hybridized carbons (Fsp3) is 0.652. The van der Waals surface area contributed by atoms with Crippen LogP contribution in [0.4, 0.5) is 0 Å². The number of likely N-dealkylation sites (N-methyl/N-ethyl adjacent to an activating group) is 1. The number of rotatable bonds is 7. The molecule has 1 atom stereocenters. The Bertz CT molecular complexity index is 702. The van der Waals surface area contributed by atoms with Crippen molar-refractivity contribution < 1.29 is 19.1 Å². The van der Waals surface area contributed by atoms with Gasteiger partial charge in [-0.15, -0.1) is 0 Å². The molecular weight excluding hydrogens is 368 g/mol. The van der Waals surface area contributed by atoms with Gasteiger partial charge in [0.05, 0.1) is 6.10 Å². The van der Waals surface area contributed by atoms with Crippen molar-refractivity contribution in [3.63, 3.8) is 0 Å². The minimum absolute atomic E-state index is 0.0430. The van der Waals surface area contributed by atoms with Crippen LogP contribution in [-0.2, 0) is 9.53 Å². The third kappa shape index (κ3) is 5.10. The summed E-state index contributed by atoms with van der Waals surface area (Å²) < 4.78 is 11.8. The fourth-order valence-electron chi connectivity index (χ4n) is 4.22. The number of benzene rings is 1. The van der Waals surface area contributed by atoms with E-state index in [1.807, 2.05) is 41.0 Å². The molecule has 0 radical (unpaired) electrons. The highest BCUT2D eigenvalue weighted by Gasteiger charge is 2.35. The van der Waals surface area contributed by atoms with E-state index in [1.165, 1.54) is 0 Å². The Morgan fingerprint density at radius 2 is 1.83 bits per heavy atom. The topological polar surface area (TPSA) is 59.1 Å². The van der Waals surface area contributed by atoms with Crippen LogP contribution in [0.1, 0.15) is 55.8 Å². The van der Waals surface area contributed by atoms with Gasteiger partial charge in [0, 0.05) is 57.1 Å². The normalized spacial score (nSPS) is 22.5. The van der Waals surface area contributed by atoms with Crippen LogP contribution in [0.15, 0.2) is 24.3 Å². The summed E-state index contributed by atoms with van der Waals surface area (Å²) in [6.07, 6.45) is 6.25. The molecule has 2 aliphatic heterocycles. The molecule has 3 aliphatic rings. The monoisotopic (exact) mass is 400 g/mol. The molecule has 0 unspecified atom stereocenters. The van der Waals surface area contributed by atoms with Crippen LogP contribution < -0.4 is 4.74 Å². The quantitative estimate of drug-likeness (QED) is 0.706. The number of ether oxygens (including phenoxy) is 2. The molecule has 1 aromatic carbocycles. The molecule has 2 heterocycles. The second kappa shape index (κ2) is 9.16. The molecule has 2 saturated heterocycles. The predicted molar refractivity (Wildman–Crippen MR) is 110 cm³/mol. The lowest BCUT2D eigenvalue weighted by Crippen LogP contribution is -2.42. The zero-order valence-corrected chi connectivity index (χ0v) is 17.3. The first-order valence-electron chi connectivity index (χ1n) is 11.1. The Hall–Kier alpha value is -2.08. The Labute approximate surface area is 173 Å². The molecule has 0 spiro atoms. The number of carbonyl (C=O) groups excluding carboxylic acids is 2. The Morgan fingerprint density at radius 1 is 1.10 bits per heavy atom. The van der Waals surface area contributed by atoms with Crippen molar-refractivity contribution in [2.75, 3.05) is 32.8 Å². The summed E-state index contributed by atoms with van der Waals surface area (Å²) in [5.74, 6) is 1.45. The van der Waals surface area contributed by atoms with Gasteiger partial charge in [-0.3, -0.25) is 9.59 Å². The van der Waals surface area contributed by atoms with Crippen molar-refractivity contribution in [3.8, 4) is 5.75 Å². The molecule has 0 bridgehead atoms. The van der Waals surface area contributed by atoms with E-state index < -0.39 is 0 Å². The molecule has 1 saturated carbocycles. The van der Waals surface area contributed by atoms with E-state index in [2.05, 4.69) is 0 Å². The first-order chi connectivity index (χ1) is 14.1. The maximum atomic E-state index is 12.8. The second-order valence-corrected chi connectivity index (χ2v) is 8.42. The lowest BCUT2D eigenvalue weighted by Gasteiger charge is -2.32. The summed E-state index contributed by atoms with van der Waals surface area (Å²) >= 11 is 0. The highest BCUT2D eigenvalue weighted by Crippen LogP contribution is 2.32. The van der Waals surface area contributed by atoms with Gasteiger partial charge in [-0.1, -0.05) is 0 Å². The number of hydrogen-bond acceptors (Lipinski definition) is 4. The van der Waals surface area contributed by atoms with Crippen LogP contribution in [0.5, 0.6) is 5.75 Å². The maximum Gasteiger partial charge on any atom is 0.253 e. The number of carbonyl (C=O) groups is 2. The van der Waals surface area contributed by atoms with Gasteiger partial charge in [0.25, 0.3) is 5.91 Å². The van der Waals surface area contributed by atoms with E-state index in [9.17, 15) is 9.59 Å². The average Bonchev–Trinajstić information content (AvgIpc) is 3.48. The molecule has 4 rings (SSSR count). The zero-order valence-electron chi connectivity index (χ0n) is 17.3. The molecule has 2 amide bonds. The number of amides is 2. The van der Waals surface area contributed by atoms with Crippen molar-refractivity contribution in [2.24, 2.45) is 5.92 Å². The molecule has 158 valence electrons. The van der Waals surface area contributed by atoms with Gasteiger partial charge in [0.2, 0.25) is 5.91 Å². The van der Waals surface area contributed by atoms with E-state index in [0.29, 0.717) is 30.5 Å². The van der Waals surface area contributed by atoms with Crippen LogP contribution in [-0.4, -0.2) is 66.6 Å². The molecule has 3 fully saturated rings. The number of likely N-dealkylation sites (tertiary alicyclic amines) is 1. The molecule has 1 aliphatic carbocycles. The van der Waals surface area contributed by atoms with Crippen LogP contribution in [0.2, 0.25) is 0 Å². The predicted octanol–water partition coefficient (Wildman–Crippen LogP) is 3.11. The van der Waals surface area contributed by atoms with Crippen molar-refractivity contribution in [1.29, 1.82) is 0 Å². The number of hydrogen-bond donors (Lipinski definition) is 0. The molecule has 0 aromatic heterocycles. The Balaban J connectivity index is 1.27. The van der Waals surface area contributed by atoms with Gasteiger partial charge < -0.3 is 19.3 Å². The SMILES string of the molecule is CCN(C[C@@H]1CCCO1)C(=O)c1ccc(OC2CCN(C(=O)C3CC3)CC2)cc1. The largest absolute Gasteiger partial charge is 0.490 e. The summed E-state index contributed by atoms with van der Waals surface area (Å²) in [5, 5.41) is 0. The van der Waals surface area contributed by atoms with Crippen LogP contribution in [0.25, 0.3) is 0 Å². The summed E-state index contributed by atoms with van der Waals surface area (Å²) in [6.45, 7) is 5.71.